The Morgan fingerprint density at radius 3 is 3.00 bits per heavy atom. The molecule has 15 heavy (non-hydrogen) atoms. The van der Waals surface area contributed by atoms with Gasteiger partial charge in [-0.05, 0) is 34.6 Å². The number of nitrogens with zero attached hydrogens (tertiary/aromatic N) is 3. The summed E-state index contributed by atoms with van der Waals surface area (Å²) in [4.78, 5) is 2.06. The van der Waals surface area contributed by atoms with Gasteiger partial charge in [-0.25, -0.2) is 5.10 Å². The smallest absolute Gasteiger partial charge is 0.225 e. The van der Waals surface area contributed by atoms with Gasteiger partial charge in [0.05, 0.1) is 0 Å². The van der Waals surface area contributed by atoms with Gasteiger partial charge in [-0.2, -0.15) is 11.3 Å². The maximum Gasteiger partial charge on any atom is 0.225 e. The highest BCUT2D eigenvalue weighted by Gasteiger charge is 2.08. The number of hydrogen-bond acceptors (Lipinski definition) is 4. The SMILES string of the molecule is CN(Cc1ccsc1)c1n[nH]c(=S)n1C. The number of anilines is 1. The second kappa shape index (κ2) is 4.16. The van der Waals surface area contributed by atoms with E-state index in [1.807, 2.05) is 18.7 Å². The van der Waals surface area contributed by atoms with Crippen molar-refractivity contribution in [2.75, 3.05) is 11.9 Å². The summed E-state index contributed by atoms with van der Waals surface area (Å²) in [6, 6.07) is 2.11. The van der Waals surface area contributed by atoms with E-state index in [0.29, 0.717) is 4.77 Å². The summed E-state index contributed by atoms with van der Waals surface area (Å²) in [6.45, 7) is 0.844. The predicted molar refractivity (Wildman–Crippen MR) is 64.8 cm³/mol. The summed E-state index contributed by atoms with van der Waals surface area (Å²) in [5.74, 6) is 0.853. The van der Waals surface area contributed by atoms with Crippen LogP contribution in [0.1, 0.15) is 5.56 Å². The molecule has 0 bridgehead atoms. The third-order valence-corrected chi connectivity index (χ3v) is 3.29. The van der Waals surface area contributed by atoms with E-state index in [9.17, 15) is 0 Å². The number of aromatic nitrogens is 3. The van der Waals surface area contributed by atoms with Crippen LogP contribution in [0, 0.1) is 4.77 Å². The molecule has 80 valence electrons. The first-order valence-corrected chi connectivity index (χ1v) is 5.87. The van der Waals surface area contributed by atoms with Gasteiger partial charge in [0.25, 0.3) is 0 Å². The van der Waals surface area contributed by atoms with Crippen molar-refractivity contribution in [1.82, 2.24) is 14.8 Å². The van der Waals surface area contributed by atoms with E-state index in [2.05, 4.69) is 31.9 Å². The van der Waals surface area contributed by atoms with Crippen molar-refractivity contribution in [3.8, 4) is 0 Å². The zero-order valence-corrected chi connectivity index (χ0v) is 10.2. The minimum absolute atomic E-state index is 0.641. The van der Waals surface area contributed by atoms with Gasteiger partial charge in [-0.15, -0.1) is 5.10 Å². The molecule has 0 atom stereocenters. The van der Waals surface area contributed by atoms with E-state index in [-0.39, 0.29) is 0 Å². The third kappa shape index (κ3) is 2.10. The molecule has 0 aliphatic rings. The molecule has 0 unspecified atom stereocenters. The van der Waals surface area contributed by atoms with E-state index in [1.54, 1.807) is 11.3 Å². The lowest BCUT2D eigenvalue weighted by atomic mass is 10.3. The molecular formula is C9H12N4S2. The fourth-order valence-electron chi connectivity index (χ4n) is 1.41. The van der Waals surface area contributed by atoms with Gasteiger partial charge in [-0.3, -0.25) is 4.57 Å². The van der Waals surface area contributed by atoms with Crippen molar-refractivity contribution >= 4 is 29.5 Å². The van der Waals surface area contributed by atoms with Crippen molar-refractivity contribution < 1.29 is 0 Å². The number of hydrogen-bond donors (Lipinski definition) is 1. The van der Waals surface area contributed by atoms with E-state index >= 15 is 0 Å². The lowest BCUT2D eigenvalue weighted by Gasteiger charge is -2.16. The maximum absolute atomic E-state index is 5.06. The molecule has 0 saturated heterocycles. The fraction of sp³-hybridized carbons (Fsp3) is 0.333. The van der Waals surface area contributed by atoms with Crippen LogP contribution in [-0.2, 0) is 13.6 Å². The first-order chi connectivity index (χ1) is 7.18. The van der Waals surface area contributed by atoms with Gasteiger partial charge >= 0.3 is 0 Å². The zero-order chi connectivity index (χ0) is 10.8. The van der Waals surface area contributed by atoms with Gasteiger partial charge in [0, 0.05) is 20.6 Å². The molecule has 0 aliphatic heterocycles. The molecule has 0 aliphatic carbocycles. The number of rotatable bonds is 3. The maximum atomic E-state index is 5.06. The van der Waals surface area contributed by atoms with Crippen LogP contribution in [0.2, 0.25) is 0 Å². The van der Waals surface area contributed by atoms with E-state index < -0.39 is 0 Å². The molecule has 2 aromatic heterocycles. The summed E-state index contributed by atoms with van der Waals surface area (Å²) in [5.41, 5.74) is 1.29. The largest absolute Gasteiger partial charge is 0.340 e. The van der Waals surface area contributed by atoms with Crippen molar-refractivity contribution in [2.45, 2.75) is 6.54 Å². The van der Waals surface area contributed by atoms with Crippen LogP contribution in [0.25, 0.3) is 0 Å². The molecular weight excluding hydrogens is 228 g/mol. The second-order valence-corrected chi connectivity index (χ2v) is 4.54. The predicted octanol–water partition coefficient (Wildman–Crippen LogP) is 2.18. The van der Waals surface area contributed by atoms with Crippen LogP contribution in [0.5, 0.6) is 0 Å². The van der Waals surface area contributed by atoms with E-state index in [4.69, 9.17) is 12.2 Å². The van der Waals surface area contributed by atoms with E-state index in [0.717, 1.165) is 12.5 Å². The molecule has 6 heteroatoms. The van der Waals surface area contributed by atoms with Gasteiger partial charge < -0.3 is 4.90 Å². The van der Waals surface area contributed by atoms with Crippen molar-refractivity contribution in [1.29, 1.82) is 0 Å². The number of H-pyrrole nitrogens is 1. The Bertz CT molecular complexity index is 482. The molecule has 0 spiro atoms. The Morgan fingerprint density at radius 2 is 2.47 bits per heavy atom. The third-order valence-electron chi connectivity index (χ3n) is 2.20. The van der Waals surface area contributed by atoms with Gasteiger partial charge in [0.15, 0.2) is 4.77 Å². The van der Waals surface area contributed by atoms with Gasteiger partial charge in [-0.1, -0.05) is 0 Å². The Labute approximate surface area is 97.2 Å². The van der Waals surface area contributed by atoms with Crippen molar-refractivity contribution in [2.24, 2.45) is 7.05 Å². The molecule has 0 radical (unpaired) electrons. The van der Waals surface area contributed by atoms with Crippen LogP contribution in [0.4, 0.5) is 5.95 Å². The van der Waals surface area contributed by atoms with Crippen LogP contribution in [0.3, 0.4) is 0 Å². The number of aromatic amines is 1. The standard InChI is InChI=1S/C9H12N4S2/c1-12(5-7-3-4-15-6-7)8-10-11-9(14)13(8)2/h3-4,6H,5H2,1-2H3,(H,11,14). The van der Waals surface area contributed by atoms with Crippen LogP contribution in [-0.4, -0.2) is 21.8 Å². The minimum atomic E-state index is 0.641. The molecule has 1 N–H and O–H groups in total. The average Bonchev–Trinajstić information content (AvgIpc) is 2.79. The Kier molecular flexibility index (Phi) is 2.88. The molecule has 4 nitrogen and oxygen atoms in total. The average molecular weight is 240 g/mol. The number of nitrogens with one attached hydrogen (secondary N) is 1. The zero-order valence-electron chi connectivity index (χ0n) is 8.60. The summed E-state index contributed by atoms with van der Waals surface area (Å²) < 4.78 is 2.50. The first kappa shape index (κ1) is 10.4. The van der Waals surface area contributed by atoms with E-state index in [1.165, 1.54) is 5.56 Å². The lowest BCUT2D eigenvalue weighted by molar-refractivity contribution is 0.802. The quantitative estimate of drug-likeness (QED) is 0.835. The Morgan fingerprint density at radius 1 is 1.67 bits per heavy atom. The van der Waals surface area contributed by atoms with Gasteiger partial charge in [0.1, 0.15) is 0 Å². The van der Waals surface area contributed by atoms with Crippen LogP contribution >= 0.6 is 23.6 Å². The van der Waals surface area contributed by atoms with Gasteiger partial charge in [0.2, 0.25) is 5.95 Å². The highest BCUT2D eigenvalue weighted by atomic mass is 32.1. The molecule has 2 rings (SSSR count). The summed E-state index contributed by atoms with van der Waals surface area (Å²) in [6.07, 6.45) is 0. The Balaban J connectivity index is 2.18. The normalized spacial score (nSPS) is 10.5. The van der Waals surface area contributed by atoms with Crippen LogP contribution in [0.15, 0.2) is 16.8 Å². The summed E-state index contributed by atoms with van der Waals surface area (Å²) in [7, 11) is 3.91. The first-order valence-electron chi connectivity index (χ1n) is 4.52. The monoisotopic (exact) mass is 240 g/mol. The Hall–Kier alpha value is -1.14. The second-order valence-electron chi connectivity index (χ2n) is 3.38. The molecule has 0 amide bonds. The lowest BCUT2D eigenvalue weighted by Crippen LogP contribution is -2.19. The minimum Gasteiger partial charge on any atom is -0.340 e. The molecule has 0 fully saturated rings. The fourth-order valence-corrected chi connectivity index (χ4v) is 2.19. The molecule has 0 saturated carbocycles. The molecule has 2 aromatic rings. The van der Waals surface area contributed by atoms with Crippen LogP contribution < -0.4 is 4.90 Å². The van der Waals surface area contributed by atoms with Crippen molar-refractivity contribution in [3.63, 3.8) is 0 Å². The highest BCUT2D eigenvalue weighted by molar-refractivity contribution is 7.71. The summed E-state index contributed by atoms with van der Waals surface area (Å²) >= 11 is 6.77. The van der Waals surface area contributed by atoms with Crippen molar-refractivity contribution in [3.05, 3.63) is 27.2 Å². The molecule has 0 aromatic carbocycles. The highest BCUT2D eigenvalue weighted by Crippen LogP contribution is 2.13. The summed E-state index contributed by atoms with van der Waals surface area (Å²) in [5, 5.41) is 11.2. The number of thiophene rings is 1. The molecule has 2 heterocycles. The topological polar surface area (TPSA) is 36.9 Å².